The summed E-state index contributed by atoms with van der Waals surface area (Å²) < 4.78 is 19.7. The molecule has 0 spiro atoms. The number of aromatic nitrogens is 4. The van der Waals surface area contributed by atoms with Gasteiger partial charge in [0.2, 0.25) is 0 Å². The van der Waals surface area contributed by atoms with E-state index in [1.807, 2.05) is 19.1 Å². The third-order valence-corrected chi connectivity index (χ3v) is 4.38. The number of nitrogens with one attached hydrogen (secondary N) is 3. The predicted molar refractivity (Wildman–Crippen MR) is 101 cm³/mol. The molecule has 27 heavy (non-hydrogen) atoms. The zero-order chi connectivity index (χ0) is 18.6. The van der Waals surface area contributed by atoms with Crippen molar-refractivity contribution in [2.24, 2.45) is 0 Å². The fraction of sp³-hybridized carbons (Fsp3) is 0.316. The summed E-state index contributed by atoms with van der Waals surface area (Å²) in [5, 5.41) is 13.6. The van der Waals surface area contributed by atoms with Crippen LogP contribution in [0.25, 0.3) is 11.4 Å². The molecule has 0 saturated carbocycles. The Kier molecular flexibility index (Phi) is 4.97. The van der Waals surface area contributed by atoms with Crippen LogP contribution in [0.2, 0.25) is 0 Å². The van der Waals surface area contributed by atoms with Crippen LogP contribution in [0.5, 0.6) is 0 Å². The van der Waals surface area contributed by atoms with Crippen molar-refractivity contribution in [3.8, 4) is 11.4 Å². The molecule has 0 atom stereocenters. The Morgan fingerprint density at radius 2 is 1.85 bits per heavy atom. The lowest BCUT2D eigenvalue weighted by Crippen LogP contribution is -2.28. The SMILES string of the molecule is Cc1cc(Nc2cc(NC3CCOCC3)nc(-c3ccccc3F)n2)n[nH]1. The molecule has 4 rings (SSSR count). The van der Waals surface area contributed by atoms with Gasteiger partial charge in [0.1, 0.15) is 17.5 Å². The lowest BCUT2D eigenvalue weighted by molar-refractivity contribution is 0.0904. The Morgan fingerprint density at radius 1 is 1.07 bits per heavy atom. The first-order chi connectivity index (χ1) is 13.2. The highest BCUT2D eigenvalue weighted by molar-refractivity contribution is 5.64. The first-order valence-electron chi connectivity index (χ1n) is 8.95. The lowest BCUT2D eigenvalue weighted by Gasteiger charge is -2.24. The van der Waals surface area contributed by atoms with Gasteiger partial charge in [0.05, 0.1) is 5.56 Å². The molecular weight excluding hydrogens is 347 g/mol. The van der Waals surface area contributed by atoms with Crippen molar-refractivity contribution in [2.75, 3.05) is 23.8 Å². The van der Waals surface area contributed by atoms with E-state index in [0.717, 1.165) is 31.7 Å². The van der Waals surface area contributed by atoms with Crippen LogP contribution in [0.4, 0.5) is 21.8 Å². The number of aryl methyl sites for hydroxylation is 1. The zero-order valence-electron chi connectivity index (χ0n) is 15.0. The number of nitrogens with zero attached hydrogens (tertiary/aromatic N) is 3. The van der Waals surface area contributed by atoms with E-state index in [4.69, 9.17) is 4.74 Å². The van der Waals surface area contributed by atoms with Crippen molar-refractivity contribution in [2.45, 2.75) is 25.8 Å². The van der Waals surface area contributed by atoms with E-state index in [1.54, 1.807) is 18.2 Å². The van der Waals surface area contributed by atoms with Crippen molar-refractivity contribution >= 4 is 17.5 Å². The Bertz CT molecular complexity index is 922. The molecule has 1 saturated heterocycles. The highest BCUT2D eigenvalue weighted by atomic mass is 19.1. The summed E-state index contributed by atoms with van der Waals surface area (Å²) in [6, 6.07) is 10.4. The monoisotopic (exact) mass is 368 g/mol. The van der Waals surface area contributed by atoms with E-state index in [0.29, 0.717) is 28.8 Å². The van der Waals surface area contributed by atoms with Crippen LogP contribution in [0.15, 0.2) is 36.4 Å². The summed E-state index contributed by atoms with van der Waals surface area (Å²) >= 11 is 0. The van der Waals surface area contributed by atoms with Gasteiger partial charge in [-0.15, -0.1) is 0 Å². The number of halogens is 1. The minimum atomic E-state index is -0.359. The van der Waals surface area contributed by atoms with E-state index in [9.17, 15) is 4.39 Å². The van der Waals surface area contributed by atoms with E-state index in [2.05, 4.69) is 30.8 Å². The lowest BCUT2D eigenvalue weighted by atomic mass is 10.1. The maximum absolute atomic E-state index is 14.3. The fourth-order valence-corrected chi connectivity index (χ4v) is 3.01. The van der Waals surface area contributed by atoms with Crippen LogP contribution < -0.4 is 10.6 Å². The van der Waals surface area contributed by atoms with Crippen molar-refractivity contribution in [1.29, 1.82) is 0 Å². The second-order valence-electron chi connectivity index (χ2n) is 6.53. The molecule has 8 heteroatoms. The van der Waals surface area contributed by atoms with Gasteiger partial charge in [-0.25, -0.2) is 14.4 Å². The fourth-order valence-electron chi connectivity index (χ4n) is 3.01. The van der Waals surface area contributed by atoms with Crippen LogP contribution >= 0.6 is 0 Å². The smallest absolute Gasteiger partial charge is 0.166 e. The highest BCUT2D eigenvalue weighted by Crippen LogP contribution is 2.25. The minimum absolute atomic E-state index is 0.266. The van der Waals surface area contributed by atoms with E-state index in [-0.39, 0.29) is 11.9 Å². The van der Waals surface area contributed by atoms with E-state index < -0.39 is 0 Å². The van der Waals surface area contributed by atoms with Gasteiger partial charge < -0.3 is 15.4 Å². The molecule has 0 bridgehead atoms. The van der Waals surface area contributed by atoms with Gasteiger partial charge >= 0.3 is 0 Å². The number of aromatic amines is 1. The average molecular weight is 368 g/mol. The van der Waals surface area contributed by atoms with Gasteiger partial charge in [0, 0.05) is 37.1 Å². The van der Waals surface area contributed by atoms with Crippen molar-refractivity contribution in [1.82, 2.24) is 20.2 Å². The van der Waals surface area contributed by atoms with Gasteiger partial charge in [-0.2, -0.15) is 5.10 Å². The molecule has 1 fully saturated rings. The van der Waals surface area contributed by atoms with Gasteiger partial charge in [0.15, 0.2) is 11.6 Å². The standard InChI is InChI=1S/C19H21FN6O/c1-12-10-18(26-25-12)22-17-11-16(21-13-6-8-27-9-7-13)23-19(24-17)14-4-2-3-5-15(14)20/h2-5,10-11,13H,6-9H2,1H3,(H3,21,22,23,24,25,26). The van der Waals surface area contributed by atoms with Crippen LogP contribution in [-0.2, 0) is 4.74 Å². The second kappa shape index (κ2) is 7.71. The Morgan fingerprint density at radius 3 is 2.59 bits per heavy atom. The molecular formula is C19H21FN6O. The molecule has 3 N–H and O–H groups in total. The van der Waals surface area contributed by atoms with E-state index in [1.165, 1.54) is 6.07 Å². The van der Waals surface area contributed by atoms with E-state index >= 15 is 0 Å². The summed E-state index contributed by atoms with van der Waals surface area (Å²) in [6.07, 6.45) is 1.81. The number of benzene rings is 1. The average Bonchev–Trinajstić information content (AvgIpc) is 3.07. The number of H-pyrrole nitrogens is 1. The normalized spacial score (nSPS) is 14.9. The summed E-state index contributed by atoms with van der Waals surface area (Å²) in [5.41, 5.74) is 1.29. The van der Waals surface area contributed by atoms with Gasteiger partial charge in [-0.3, -0.25) is 5.10 Å². The first-order valence-corrected chi connectivity index (χ1v) is 8.95. The molecule has 0 radical (unpaired) electrons. The molecule has 2 aromatic heterocycles. The van der Waals surface area contributed by atoms with Crippen molar-refractivity contribution in [3.05, 3.63) is 47.9 Å². The summed E-state index contributed by atoms with van der Waals surface area (Å²) in [5.74, 6) is 1.79. The topological polar surface area (TPSA) is 87.8 Å². The zero-order valence-corrected chi connectivity index (χ0v) is 15.0. The number of anilines is 3. The highest BCUT2D eigenvalue weighted by Gasteiger charge is 2.17. The maximum atomic E-state index is 14.3. The number of hydrogen-bond acceptors (Lipinski definition) is 6. The summed E-state index contributed by atoms with van der Waals surface area (Å²) in [7, 11) is 0. The molecule has 3 heterocycles. The predicted octanol–water partition coefficient (Wildman–Crippen LogP) is 3.65. The van der Waals surface area contributed by atoms with Crippen LogP contribution in [0.1, 0.15) is 18.5 Å². The number of rotatable bonds is 5. The third-order valence-electron chi connectivity index (χ3n) is 4.38. The van der Waals surface area contributed by atoms with Gasteiger partial charge in [-0.1, -0.05) is 12.1 Å². The van der Waals surface area contributed by atoms with Crippen LogP contribution in [0, 0.1) is 12.7 Å². The molecule has 0 aliphatic carbocycles. The van der Waals surface area contributed by atoms with Crippen molar-refractivity contribution in [3.63, 3.8) is 0 Å². The van der Waals surface area contributed by atoms with Crippen LogP contribution in [0.3, 0.4) is 0 Å². The molecule has 0 unspecified atom stereocenters. The van der Waals surface area contributed by atoms with Crippen molar-refractivity contribution < 1.29 is 9.13 Å². The quantitative estimate of drug-likeness (QED) is 0.637. The van der Waals surface area contributed by atoms with Crippen LogP contribution in [-0.4, -0.2) is 39.4 Å². The Balaban J connectivity index is 1.67. The van der Waals surface area contributed by atoms with Gasteiger partial charge in [-0.05, 0) is 31.9 Å². The third kappa shape index (κ3) is 4.22. The summed E-state index contributed by atoms with van der Waals surface area (Å²) in [4.78, 5) is 9.02. The number of ether oxygens (including phenoxy) is 1. The maximum Gasteiger partial charge on any atom is 0.166 e. The molecule has 1 aliphatic rings. The largest absolute Gasteiger partial charge is 0.381 e. The molecule has 3 aromatic rings. The Labute approximate surface area is 156 Å². The minimum Gasteiger partial charge on any atom is -0.381 e. The molecule has 140 valence electrons. The first kappa shape index (κ1) is 17.4. The molecule has 1 aliphatic heterocycles. The van der Waals surface area contributed by atoms with Gasteiger partial charge in [0.25, 0.3) is 0 Å². The summed E-state index contributed by atoms with van der Waals surface area (Å²) in [6.45, 7) is 3.36. The number of hydrogen-bond donors (Lipinski definition) is 3. The second-order valence-corrected chi connectivity index (χ2v) is 6.53. The molecule has 0 amide bonds. The molecule has 7 nitrogen and oxygen atoms in total. The molecule has 1 aromatic carbocycles. The Hall–Kier alpha value is -3.00.